The van der Waals surface area contributed by atoms with Crippen LogP contribution in [0.25, 0.3) is 0 Å². The molecule has 0 heterocycles. The van der Waals surface area contributed by atoms with E-state index in [1.54, 1.807) is 12.1 Å². The number of sulfonamides is 1. The van der Waals surface area contributed by atoms with Gasteiger partial charge in [0.15, 0.2) is 0 Å². The minimum absolute atomic E-state index is 0.00515. The Morgan fingerprint density at radius 2 is 1.85 bits per heavy atom. The zero-order valence-corrected chi connectivity index (χ0v) is 11.5. The molecule has 0 atom stereocenters. The van der Waals surface area contributed by atoms with Crippen molar-refractivity contribution in [3.05, 3.63) is 47.8 Å². The monoisotopic (exact) mass is 295 g/mol. The van der Waals surface area contributed by atoms with Crippen molar-refractivity contribution in [1.82, 2.24) is 0 Å². The first-order valence-corrected chi connectivity index (χ1v) is 7.27. The van der Waals surface area contributed by atoms with Crippen molar-refractivity contribution in [3.63, 3.8) is 0 Å². The van der Waals surface area contributed by atoms with Gasteiger partial charge < -0.3 is 11.1 Å². The molecule has 0 aliphatic carbocycles. The van der Waals surface area contributed by atoms with E-state index < -0.39 is 15.8 Å². The number of benzene rings is 2. The lowest BCUT2D eigenvalue weighted by atomic mass is 10.2. The quantitative estimate of drug-likeness (QED) is 0.755. The molecule has 0 fully saturated rings. The molecule has 2 rings (SSSR count). The van der Waals surface area contributed by atoms with Crippen molar-refractivity contribution < 1.29 is 12.8 Å². The molecule has 5 N–H and O–H groups in total. The predicted octanol–water partition coefficient (Wildman–Crippen LogP) is 2.11. The van der Waals surface area contributed by atoms with E-state index in [1.165, 1.54) is 24.3 Å². The second-order valence-corrected chi connectivity index (χ2v) is 5.94. The Morgan fingerprint density at radius 1 is 1.15 bits per heavy atom. The first kappa shape index (κ1) is 14.3. The minimum Gasteiger partial charge on any atom is -0.398 e. The van der Waals surface area contributed by atoms with E-state index in [9.17, 15) is 12.8 Å². The Hall–Kier alpha value is -2.12. The van der Waals surface area contributed by atoms with Crippen LogP contribution in [0, 0.1) is 12.7 Å². The molecule has 0 unspecified atom stereocenters. The Morgan fingerprint density at radius 3 is 2.45 bits per heavy atom. The zero-order chi connectivity index (χ0) is 14.9. The molecule has 20 heavy (non-hydrogen) atoms. The third-order valence-corrected chi connectivity index (χ3v) is 3.70. The molecule has 7 heteroatoms. The van der Waals surface area contributed by atoms with Gasteiger partial charge in [0, 0.05) is 5.69 Å². The van der Waals surface area contributed by atoms with Gasteiger partial charge in [-0.15, -0.1) is 0 Å². The van der Waals surface area contributed by atoms with E-state index in [0.717, 1.165) is 5.56 Å². The smallest absolute Gasteiger partial charge is 0.240 e. The third kappa shape index (κ3) is 3.06. The lowest BCUT2D eigenvalue weighted by Crippen LogP contribution is -2.14. The fourth-order valence-corrected chi connectivity index (χ4v) is 2.42. The van der Waals surface area contributed by atoms with Gasteiger partial charge in [0.2, 0.25) is 10.0 Å². The van der Waals surface area contributed by atoms with Crippen molar-refractivity contribution in [2.75, 3.05) is 11.1 Å². The van der Waals surface area contributed by atoms with Gasteiger partial charge in [-0.05, 0) is 42.8 Å². The van der Waals surface area contributed by atoms with Crippen LogP contribution in [0.4, 0.5) is 21.5 Å². The maximum Gasteiger partial charge on any atom is 0.240 e. The van der Waals surface area contributed by atoms with E-state index in [2.05, 4.69) is 5.32 Å². The summed E-state index contributed by atoms with van der Waals surface area (Å²) >= 11 is 0. The van der Waals surface area contributed by atoms with Crippen LogP contribution < -0.4 is 16.2 Å². The van der Waals surface area contributed by atoms with E-state index >= 15 is 0 Å². The molecule has 0 amide bonds. The van der Waals surface area contributed by atoms with Gasteiger partial charge in [0.05, 0.1) is 11.4 Å². The highest BCUT2D eigenvalue weighted by Gasteiger charge is 2.12. The van der Waals surface area contributed by atoms with Crippen molar-refractivity contribution in [3.8, 4) is 0 Å². The highest BCUT2D eigenvalue weighted by atomic mass is 32.2. The van der Waals surface area contributed by atoms with Gasteiger partial charge in [0.25, 0.3) is 0 Å². The van der Waals surface area contributed by atoms with Crippen LogP contribution in [0.5, 0.6) is 0 Å². The van der Waals surface area contributed by atoms with Gasteiger partial charge in [-0.3, -0.25) is 0 Å². The number of aryl methyl sites for hydroxylation is 1. The molecule has 106 valence electrons. The van der Waals surface area contributed by atoms with Crippen LogP contribution in [-0.2, 0) is 10.0 Å². The summed E-state index contributed by atoms with van der Waals surface area (Å²) in [5, 5.41) is 7.86. The van der Waals surface area contributed by atoms with Crippen molar-refractivity contribution in [2.24, 2.45) is 5.14 Å². The molecule has 0 spiro atoms. The van der Waals surface area contributed by atoms with Gasteiger partial charge in [0.1, 0.15) is 10.7 Å². The molecule has 2 aromatic carbocycles. The van der Waals surface area contributed by atoms with Crippen molar-refractivity contribution in [1.29, 1.82) is 0 Å². The summed E-state index contributed by atoms with van der Waals surface area (Å²) in [6.07, 6.45) is 0. The Bertz CT molecular complexity index is 760. The second-order valence-electron chi connectivity index (χ2n) is 4.41. The van der Waals surface area contributed by atoms with E-state index in [4.69, 9.17) is 10.9 Å². The van der Waals surface area contributed by atoms with Crippen LogP contribution in [0.1, 0.15) is 5.56 Å². The van der Waals surface area contributed by atoms with Gasteiger partial charge in [-0.25, -0.2) is 17.9 Å². The number of nitrogens with two attached hydrogens (primary N) is 2. The summed E-state index contributed by atoms with van der Waals surface area (Å²) in [6, 6.07) is 8.78. The van der Waals surface area contributed by atoms with Crippen LogP contribution in [-0.4, -0.2) is 8.42 Å². The third-order valence-electron chi connectivity index (χ3n) is 2.72. The molecule has 2 aromatic rings. The molecule has 0 aliphatic rings. The lowest BCUT2D eigenvalue weighted by Gasteiger charge is -2.10. The molecule has 0 aromatic heterocycles. The molecule has 0 radical (unpaired) electrons. The average Bonchev–Trinajstić information content (AvgIpc) is 2.32. The molecule has 0 saturated heterocycles. The van der Waals surface area contributed by atoms with E-state index in [-0.39, 0.29) is 16.3 Å². The lowest BCUT2D eigenvalue weighted by molar-refractivity contribution is 0.598. The van der Waals surface area contributed by atoms with Crippen LogP contribution >= 0.6 is 0 Å². The fourth-order valence-electron chi connectivity index (χ4n) is 1.78. The van der Waals surface area contributed by atoms with E-state index in [0.29, 0.717) is 5.69 Å². The molecular formula is C13H14FN3O2S. The van der Waals surface area contributed by atoms with Crippen LogP contribution in [0.3, 0.4) is 0 Å². The first-order valence-electron chi connectivity index (χ1n) is 5.73. The number of halogens is 1. The van der Waals surface area contributed by atoms with Gasteiger partial charge in [-0.2, -0.15) is 0 Å². The molecular weight excluding hydrogens is 281 g/mol. The molecule has 0 saturated carbocycles. The highest BCUT2D eigenvalue weighted by Crippen LogP contribution is 2.25. The number of hydrogen-bond donors (Lipinski definition) is 3. The molecule has 5 nitrogen and oxygen atoms in total. The minimum atomic E-state index is -3.86. The zero-order valence-electron chi connectivity index (χ0n) is 10.7. The standard InChI is InChI=1S/C13H14FN3O2S/c1-8-2-4-10(14)12(6-8)17-9-3-5-13(11(15)7-9)20(16,18)19/h2-7,17H,15H2,1H3,(H2,16,18,19). The van der Waals surface area contributed by atoms with Crippen molar-refractivity contribution in [2.45, 2.75) is 11.8 Å². The van der Waals surface area contributed by atoms with Crippen LogP contribution in [0.2, 0.25) is 0 Å². The number of nitrogens with one attached hydrogen (secondary N) is 1. The summed E-state index contributed by atoms with van der Waals surface area (Å²) in [5.41, 5.74) is 7.29. The van der Waals surface area contributed by atoms with Gasteiger partial charge >= 0.3 is 0 Å². The number of anilines is 3. The summed E-state index contributed by atoms with van der Waals surface area (Å²) in [7, 11) is -3.86. The summed E-state index contributed by atoms with van der Waals surface area (Å²) in [5.74, 6) is -0.412. The summed E-state index contributed by atoms with van der Waals surface area (Å²) in [4.78, 5) is -0.159. The maximum atomic E-state index is 13.6. The van der Waals surface area contributed by atoms with Crippen molar-refractivity contribution >= 4 is 27.1 Å². The first-order chi connectivity index (χ1) is 9.27. The summed E-state index contributed by atoms with van der Waals surface area (Å²) in [6.45, 7) is 1.84. The SMILES string of the molecule is Cc1ccc(F)c(Nc2ccc(S(N)(=O)=O)c(N)c2)c1. The van der Waals surface area contributed by atoms with Crippen LogP contribution in [0.15, 0.2) is 41.3 Å². The largest absolute Gasteiger partial charge is 0.398 e. The highest BCUT2D eigenvalue weighted by molar-refractivity contribution is 7.89. The van der Waals surface area contributed by atoms with Gasteiger partial charge in [-0.1, -0.05) is 6.07 Å². The average molecular weight is 295 g/mol. The second kappa shape index (κ2) is 5.10. The summed E-state index contributed by atoms with van der Waals surface area (Å²) < 4.78 is 36.1. The number of primary sulfonamides is 1. The molecule has 0 bridgehead atoms. The topological polar surface area (TPSA) is 98.2 Å². The fraction of sp³-hybridized carbons (Fsp3) is 0.0769. The Balaban J connectivity index is 2.36. The number of nitrogen functional groups attached to an aromatic ring is 1. The van der Waals surface area contributed by atoms with E-state index in [1.807, 2.05) is 6.92 Å². The maximum absolute atomic E-state index is 13.6. The normalized spacial score (nSPS) is 11.3. The Labute approximate surface area is 116 Å². The predicted molar refractivity (Wildman–Crippen MR) is 76.6 cm³/mol. The number of hydrogen-bond acceptors (Lipinski definition) is 4. The molecule has 0 aliphatic heterocycles. The Kier molecular flexibility index (Phi) is 3.65. The number of rotatable bonds is 3.